The number of aromatic nitrogens is 1. The van der Waals surface area contributed by atoms with Gasteiger partial charge in [-0.3, -0.25) is 0 Å². The Kier molecular flexibility index (Phi) is 4.19. The normalized spacial score (nSPS) is 11.5. The van der Waals surface area contributed by atoms with Crippen LogP contribution in [0.2, 0.25) is 5.02 Å². The van der Waals surface area contributed by atoms with Crippen LogP contribution in [0.4, 0.5) is 29.1 Å². The maximum absolute atomic E-state index is 13.6. The molecule has 0 atom stereocenters. The summed E-state index contributed by atoms with van der Waals surface area (Å²) in [6, 6.07) is 4.25. The van der Waals surface area contributed by atoms with Gasteiger partial charge >= 0.3 is 6.18 Å². The second-order valence-corrected chi connectivity index (χ2v) is 5.15. The third kappa shape index (κ3) is 3.40. The predicted molar refractivity (Wildman–Crippen MR) is 71.6 cm³/mol. The van der Waals surface area contributed by atoms with E-state index in [0.717, 1.165) is 18.2 Å². The molecule has 0 spiro atoms. The van der Waals surface area contributed by atoms with Crippen molar-refractivity contribution in [1.29, 1.82) is 0 Å². The van der Waals surface area contributed by atoms with Crippen LogP contribution in [-0.4, -0.2) is 4.98 Å². The highest BCUT2D eigenvalue weighted by Gasteiger charge is 2.34. The highest BCUT2D eigenvalue weighted by molar-refractivity contribution is 9.10. The fourth-order valence-corrected chi connectivity index (χ4v) is 1.97. The molecule has 0 radical (unpaired) electrons. The quantitative estimate of drug-likeness (QED) is 0.717. The number of benzene rings is 1. The fourth-order valence-electron chi connectivity index (χ4n) is 1.49. The highest BCUT2D eigenvalue weighted by atomic mass is 79.9. The van der Waals surface area contributed by atoms with E-state index in [1.54, 1.807) is 0 Å². The molecule has 106 valence electrons. The summed E-state index contributed by atoms with van der Waals surface area (Å²) in [5.41, 5.74) is -1.32. The number of nitrogens with zero attached hydrogens (tertiary/aromatic N) is 1. The third-order valence-corrected chi connectivity index (χ3v) is 3.02. The first-order chi connectivity index (χ1) is 9.27. The summed E-state index contributed by atoms with van der Waals surface area (Å²) in [6.45, 7) is 0. The third-order valence-electron chi connectivity index (χ3n) is 2.35. The average Bonchev–Trinajstić information content (AvgIpc) is 2.33. The monoisotopic (exact) mass is 368 g/mol. The zero-order chi connectivity index (χ0) is 14.9. The molecule has 2 rings (SSSR count). The Morgan fingerprint density at radius 1 is 1.20 bits per heavy atom. The number of halogens is 6. The van der Waals surface area contributed by atoms with Gasteiger partial charge in [0, 0.05) is 15.7 Å². The van der Waals surface area contributed by atoms with Crippen LogP contribution in [0.1, 0.15) is 5.56 Å². The summed E-state index contributed by atoms with van der Waals surface area (Å²) in [6.07, 6.45) is -3.34. The summed E-state index contributed by atoms with van der Waals surface area (Å²) in [7, 11) is 0. The molecule has 0 aliphatic carbocycles. The second-order valence-electron chi connectivity index (χ2n) is 3.80. The topological polar surface area (TPSA) is 24.9 Å². The molecule has 0 saturated carbocycles. The van der Waals surface area contributed by atoms with E-state index < -0.39 is 17.6 Å². The van der Waals surface area contributed by atoms with Crippen LogP contribution >= 0.6 is 27.5 Å². The number of pyridine rings is 1. The van der Waals surface area contributed by atoms with E-state index in [4.69, 9.17) is 11.6 Å². The summed E-state index contributed by atoms with van der Waals surface area (Å²) in [5.74, 6) is -1.08. The second kappa shape index (κ2) is 5.57. The minimum Gasteiger partial charge on any atom is -0.337 e. The van der Waals surface area contributed by atoms with Gasteiger partial charge in [-0.15, -0.1) is 0 Å². The van der Waals surface area contributed by atoms with Crippen molar-refractivity contribution in [3.05, 3.63) is 51.3 Å². The Bertz CT molecular complexity index is 646. The Morgan fingerprint density at radius 2 is 1.90 bits per heavy atom. The van der Waals surface area contributed by atoms with E-state index in [0.29, 0.717) is 4.47 Å². The molecule has 2 aromatic rings. The predicted octanol–water partition coefficient (Wildman–Crippen LogP) is 5.40. The van der Waals surface area contributed by atoms with Crippen molar-refractivity contribution in [2.75, 3.05) is 5.32 Å². The highest BCUT2D eigenvalue weighted by Crippen LogP contribution is 2.37. The number of hydrogen-bond acceptors (Lipinski definition) is 2. The molecule has 0 fully saturated rings. The summed E-state index contributed by atoms with van der Waals surface area (Å²) in [4.78, 5) is 3.69. The molecule has 0 saturated heterocycles. The lowest BCUT2D eigenvalue weighted by Crippen LogP contribution is -2.09. The van der Waals surface area contributed by atoms with Gasteiger partial charge in [-0.05, 0) is 40.2 Å². The minimum atomic E-state index is -4.61. The molecular weight excluding hydrogens is 363 g/mol. The smallest absolute Gasteiger partial charge is 0.337 e. The Morgan fingerprint density at radius 3 is 2.50 bits per heavy atom. The molecular formula is C12H6BrClF4N2. The maximum atomic E-state index is 13.6. The van der Waals surface area contributed by atoms with Crippen LogP contribution in [0, 0.1) is 5.82 Å². The first-order valence-electron chi connectivity index (χ1n) is 5.22. The van der Waals surface area contributed by atoms with Crippen LogP contribution in [0.25, 0.3) is 0 Å². The van der Waals surface area contributed by atoms with Crippen molar-refractivity contribution in [3.63, 3.8) is 0 Å². The van der Waals surface area contributed by atoms with Crippen LogP contribution in [0.5, 0.6) is 0 Å². The van der Waals surface area contributed by atoms with Crippen molar-refractivity contribution < 1.29 is 17.6 Å². The van der Waals surface area contributed by atoms with E-state index in [2.05, 4.69) is 26.2 Å². The average molecular weight is 370 g/mol. The number of hydrogen-bond donors (Lipinski definition) is 1. The van der Waals surface area contributed by atoms with Gasteiger partial charge in [0.15, 0.2) is 11.6 Å². The van der Waals surface area contributed by atoms with Gasteiger partial charge in [0.2, 0.25) is 0 Å². The van der Waals surface area contributed by atoms with Crippen molar-refractivity contribution in [3.8, 4) is 0 Å². The molecule has 0 aliphatic rings. The molecule has 1 heterocycles. The number of rotatable bonds is 2. The lowest BCUT2D eigenvalue weighted by atomic mass is 10.1. The van der Waals surface area contributed by atoms with E-state index in [9.17, 15) is 17.6 Å². The first kappa shape index (κ1) is 15.1. The molecule has 0 aliphatic heterocycles. The van der Waals surface area contributed by atoms with Gasteiger partial charge in [0.1, 0.15) is 0 Å². The molecule has 0 unspecified atom stereocenters. The summed E-state index contributed by atoms with van der Waals surface area (Å²) < 4.78 is 52.6. The maximum Gasteiger partial charge on any atom is 0.418 e. The molecule has 8 heteroatoms. The molecule has 1 N–H and O–H groups in total. The SMILES string of the molecule is Fc1cc(Br)cnc1Nc1ccc(Cl)cc1C(F)(F)F. The van der Waals surface area contributed by atoms with Crippen molar-refractivity contribution in [2.24, 2.45) is 0 Å². The zero-order valence-corrected chi connectivity index (χ0v) is 11.9. The summed E-state index contributed by atoms with van der Waals surface area (Å²) in [5, 5.41) is 2.25. The van der Waals surface area contributed by atoms with E-state index in [1.807, 2.05) is 0 Å². The molecule has 20 heavy (non-hydrogen) atoms. The molecule has 0 bridgehead atoms. The van der Waals surface area contributed by atoms with E-state index in [1.165, 1.54) is 12.3 Å². The van der Waals surface area contributed by atoms with Gasteiger partial charge in [-0.25, -0.2) is 9.37 Å². The summed E-state index contributed by atoms with van der Waals surface area (Å²) >= 11 is 8.56. The van der Waals surface area contributed by atoms with Crippen LogP contribution < -0.4 is 5.32 Å². The van der Waals surface area contributed by atoms with Crippen molar-refractivity contribution in [1.82, 2.24) is 4.98 Å². The standard InChI is InChI=1S/C12H6BrClF4N2/c13-6-3-9(15)11(19-5-6)20-10-2-1-7(14)4-8(10)12(16,17)18/h1-5H,(H,19,20). The van der Waals surface area contributed by atoms with E-state index >= 15 is 0 Å². The zero-order valence-electron chi connectivity index (χ0n) is 9.60. The lowest BCUT2D eigenvalue weighted by molar-refractivity contribution is -0.136. The van der Waals surface area contributed by atoms with Gasteiger partial charge in [-0.1, -0.05) is 11.6 Å². The van der Waals surface area contributed by atoms with Crippen LogP contribution in [0.15, 0.2) is 34.9 Å². The van der Waals surface area contributed by atoms with Crippen LogP contribution in [-0.2, 0) is 6.18 Å². The minimum absolute atomic E-state index is 0.0629. The Balaban J connectivity index is 2.43. The largest absolute Gasteiger partial charge is 0.418 e. The number of nitrogens with one attached hydrogen (secondary N) is 1. The van der Waals surface area contributed by atoms with E-state index in [-0.39, 0.29) is 16.5 Å². The fraction of sp³-hybridized carbons (Fsp3) is 0.0833. The van der Waals surface area contributed by atoms with Gasteiger partial charge in [0.25, 0.3) is 0 Å². The van der Waals surface area contributed by atoms with Crippen molar-refractivity contribution >= 4 is 39.0 Å². The first-order valence-corrected chi connectivity index (χ1v) is 6.39. The number of alkyl halides is 3. The molecule has 1 aromatic carbocycles. The molecule has 0 amide bonds. The lowest BCUT2D eigenvalue weighted by Gasteiger charge is -2.14. The van der Waals surface area contributed by atoms with Crippen LogP contribution in [0.3, 0.4) is 0 Å². The molecule has 1 aromatic heterocycles. The van der Waals surface area contributed by atoms with Gasteiger partial charge in [-0.2, -0.15) is 13.2 Å². The number of anilines is 2. The van der Waals surface area contributed by atoms with Gasteiger partial charge < -0.3 is 5.32 Å². The van der Waals surface area contributed by atoms with Gasteiger partial charge in [0.05, 0.1) is 11.3 Å². The Labute approximate surface area is 124 Å². The Hall–Kier alpha value is -1.34. The molecule has 2 nitrogen and oxygen atoms in total. The van der Waals surface area contributed by atoms with Crippen molar-refractivity contribution in [2.45, 2.75) is 6.18 Å².